The lowest BCUT2D eigenvalue weighted by Crippen LogP contribution is -2.61. The number of nitrogens with zero attached hydrogens (tertiary/aromatic N) is 1. The van der Waals surface area contributed by atoms with Crippen LogP contribution in [0, 0.1) is 0 Å². The third-order valence-electron chi connectivity index (χ3n) is 5.16. The Balaban J connectivity index is 0. The first-order chi connectivity index (χ1) is 20.9. The van der Waals surface area contributed by atoms with Crippen LogP contribution in [-0.4, -0.2) is 118 Å². The first kappa shape index (κ1) is 42.5. The summed E-state index contributed by atoms with van der Waals surface area (Å²) in [4.78, 5) is 49.3. The molecule has 1 amide bonds. The van der Waals surface area contributed by atoms with Crippen molar-refractivity contribution in [2.75, 3.05) is 6.61 Å². The van der Waals surface area contributed by atoms with E-state index in [1.54, 1.807) is 54.6 Å². The third kappa shape index (κ3) is 19.3. The first-order valence-electron chi connectivity index (χ1n) is 13.0. The zero-order valence-electron chi connectivity index (χ0n) is 25.1. The summed E-state index contributed by atoms with van der Waals surface area (Å²) >= 11 is 0. The van der Waals surface area contributed by atoms with Crippen LogP contribution >= 0.6 is 0 Å². The second kappa shape index (κ2) is 22.9. The minimum absolute atomic E-state index is 0.0186. The van der Waals surface area contributed by atoms with Crippen LogP contribution in [0.2, 0.25) is 0 Å². The highest BCUT2D eigenvalue weighted by Gasteiger charge is 2.49. The quantitative estimate of drug-likeness (QED) is 0.213. The lowest BCUT2D eigenvalue weighted by molar-refractivity contribution is -0.242. The maximum absolute atomic E-state index is 12.2. The van der Waals surface area contributed by atoms with Crippen LogP contribution in [-0.2, 0) is 30.5 Å². The van der Waals surface area contributed by atoms with E-state index < -0.39 is 73.1 Å². The summed E-state index contributed by atoms with van der Waals surface area (Å²) in [5.74, 6) is -3.33. The Morgan fingerprint density at radius 1 is 0.667 bits per heavy atom. The summed E-state index contributed by atoms with van der Waals surface area (Å²) in [5, 5.41) is 80.0. The van der Waals surface area contributed by atoms with E-state index in [0.717, 1.165) is 38.2 Å². The van der Waals surface area contributed by atoms with E-state index in [9.17, 15) is 30.3 Å². The SMILES string of the molecule is CC(=O)O.CC(=O)O.CC(=O)O.CC(=O)O.O=C(O)N(Cc1ccccc1)C(c1ccccc1)C1O[C@H](CO)[C@@H](O)[C@H](O)[C@H]1O. The molecule has 1 aliphatic heterocycles. The molecule has 1 aliphatic rings. The van der Waals surface area contributed by atoms with Gasteiger partial charge in [-0.25, -0.2) is 4.79 Å². The molecule has 0 saturated carbocycles. The Morgan fingerprint density at radius 3 is 1.40 bits per heavy atom. The number of ether oxygens (including phenoxy) is 1. The molecule has 0 aliphatic carbocycles. The summed E-state index contributed by atoms with van der Waals surface area (Å²) in [7, 11) is 0. The monoisotopic (exact) mass is 643 g/mol. The van der Waals surface area contributed by atoms with Crippen molar-refractivity contribution in [1.29, 1.82) is 0 Å². The van der Waals surface area contributed by atoms with Gasteiger partial charge in [0.25, 0.3) is 23.9 Å². The Morgan fingerprint density at radius 2 is 1.04 bits per heavy atom. The van der Waals surface area contributed by atoms with Crippen LogP contribution in [0.3, 0.4) is 0 Å². The van der Waals surface area contributed by atoms with Crippen LogP contribution in [0.1, 0.15) is 44.9 Å². The average Bonchev–Trinajstić information content (AvgIpc) is 2.92. The minimum Gasteiger partial charge on any atom is -0.481 e. The van der Waals surface area contributed by atoms with Gasteiger partial charge in [0, 0.05) is 34.2 Å². The van der Waals surface area contributed by atoms with Gasteiger partial charge in [-0.15, -0.1) is 0 Å². The summed E-state index contributed by atoms with van der Waals surface area (Å²) < 4.78 is 5.70. The number of benzene rings is 2. The van der Waals surface area contributed by atoms with Crippen molar-refractivity contribution in [3.8, 4) is 0 Å². The van der Waals surface area contributed by atoms with Gasteiger partial charge in [-0.1, -0.05) is 60.7 Å². The topological polar surface area (TPSA) is 280 Å². The van der Waals surface area contributed by atoms with Gasteiger partial charge in [-0.2, -0.15) is 0 Å². The van der Waals surface area contributed by atoms with E-state index in [1.807, 2.05) is 6.07 Å². The van der Waals surface area contributed by atoms with Gasteiger partial charge in [-0.3, -0.25) is 24.1 Å². The largest absolute Gasteiger partial charge is 0.481 e. The highest BCUT2D eigenvalue weighted by molar-refractivity contribution is 5.66. The molecule has 45 heavy (non-hydrogen) atoms. The lowest BCUT2D eigenvalue weighted by Gasteiger charge is -2.45. The average molecular weight is 644 g/mol. The number of rotatable bonds is 6. The predicted octanol–water partition coefficient (Wildman–Crippen LogP) is 1.11. The fourth-order valence-corrected chi connectivity index (χ4v) is 3.65. The van der Waals surface area contributed by atoms with E-state index in [1.165, 1.54) is 0 Å². The molecule has 0 radical (unpaired) electrons. The van der Waals surface area contributed by atoms with Crippen molar-refractivity contribution in [2.24, 2.45) is 0 Å². The molecule has 6 atom stereocenters. The van der Waals surface area contributed by atoms with Gasteiger partial charge in [0.1, 0.15) is 30.5 Å². The van der Waals surface area contributed by atoms with E-state index in [4.69, 9.17) is 44.3 Å². The van der Waals surface area contributed by atoms with Crippen LogP contribution in [0.4, 0.5) is 4.79 Å². The molecule has 252 valence electrons. The lowest BCUT2D eigenvalue weighted by atomic mass is 9.87. The van der Waals surface area contributed by atoms with Gasteiger partial charge in [-0.05, 0) is 11.1 Å². The van der Waals surface area contributed by atoms with Crippen LogP contribution in [0.15, 0.2) is 60.7 Å². The fourth-order valence-electron chi connectivity index (χ4n) is 3.65. The molecule has 0 bridgehead atoms. The van der Waals surface area contributed by atoms with Crippen molar-refractivity contribution in [2.45, 2.75) is 70.8 Å². The number of aliphatic carboxylic acids is 4. The highest BCUT2D eigenvalue weighted by atomic mass is 16.5. The smallest absolute Gasteiger partial charge is 0.408 e. The van der Waals surface area contributed by atoms with Gasteiger partial charge in [0.15, 0.2) is 0 Å². The van der Waals surface area contributed by atoms with Gasteiger partial charge < -0.3 is 50.7 Å². The summed E-state index contributed by atoms with van der Waals surface area (Å²) in [5.41, 5.74) is 1.29. The third-order valence-corrected chi connectivity index (χ3v) is 5.16. The molecule has 16 heteroatoms. The van der Waals surface area contributed by atoms with E-state index >= 15 is 0 Å². The number of carbonyl (C=O) groups is 5. The number of hydrogen-bond donors (Lipinski definition) is 9. The molecule has 9 N–H and O–H groups in total. The molecule has 2 aromatic carbocycles. The second-order valence-electron chi connectivity index (χ2n) is 9.12. The normalized spacial score (nSPS) is 20.2. The highest BCUT2D eigenvalue weighted by Crippen LogP contribution is 2.35. The van der Waals surface area contributed by atoms with Crippen molar-refractivity contribution in [3.63, 3.8) is 0 Å². The Hall–Kier alpha value is -4.61. The maximum atomic E-state index is 12.2. The van der Waals surface area contributed by atoms with E-state index in [-0.39, 0.29) is 6.54 Å². The Kier molecular flexibility index (Phi) is 21.6. The maximum Gasteiger partial charge on any atom is 0.408 e. The summed E-state index contributed by atoms with van der Waals surface area (Å²) in [6, 6.07) is 16.6. The van der Waals surface area contributed by atoms with Crippen LogP contribution in [0.5, 0.6) is 0 Å². The zero-order valence-corrected chi connectivity index (χ0v) is 25.1. The molecule has 16 nitrogen and oxygen atoms in total. The number of aliphatic hydroxyl groups is 4. The zero-order chi connectivity index (χ0) is 35.3. The van der Waals surface area contributed by atoms with Gasteiger partial charge >= 0.3 is 6.09 Å². The van der Waals surface area contributed by atoms with Crippen molar-refractivity contribution in [1.82, 2.24) is 4.90 Å². The van der Waals surface area contributed by atoms with Crippen LogP contribution < -0.4 is 0 Å². The summed E-state index contributed by atoms with van der Waals surface area (Å²) in [6.45, 7) is 3.76. The fraction of sp³-hybridized carbons (Fsp3) is 0.414. The number of carboxylic acid groups (broad SMARTS) is 5. The van der Waals surface area contributed by atoms with E-state index in [0.29, 0.717) is 5.56 Å². The molecule has 1 heterocycles. The van der Waals surface area contributed by atoms with E-state index in [2.05, 4.69) is 0 Å². The molecule has 2 unspecified atom stereocenters. The molecule has 2 aromatic rings. The Bertz CT molecular complexity index is 1100. The molecule has 1 saturated heterocycles. The molecular formula is C29H41NO15. The van der Waals surface area contributed by atoms with Gasteiger partial charge in [0.05, 0.1) is 12.6 Å². The van der Waals surface area contributed by atoms with Gasteiger partial charge in [0.2, 0.25) is 0 Å². The van der Waals surface area contributed by atoms with Crippen LogP contribution in [0.25, 0.3) is 0 Å². The molecule has 0 aromatic heterocycles. The van der Waals surface area contributed by atoms with Crippen molar-refractivity contribution >= 4 is 30.0 Å². The summed E-state index contributed by atoms with van der Waals surface area (Å²) in [6.07, 6.45) is -8.24. The number of aliphatic hydroxyl groups excluding tert-OH is 4. The second-order valence-corrected chi connectivity index (χ2v) is 9.12. The molecule has 3 rings (SSSR count). The standard InChI is InChI=1S/C21H25NO7.4C2H4O2/c23-12-15-17(24)18(25)19(26)20(29-15)16(14-9-5-2-6-10-14)22(21(27)28)11-13-7-3-1-4-8-13;4*1-2(3)4/h1-10,15-20,23-26H,11-12H2,(H,27,28);4*1H3,(H,3,4)/t15-,16?,17-,18+,19-,20?;;;;/m1..../s1. The minimum atomic E-state index is -1.59. The number of hydrogen-bond acceptors (Lipinski definition) is 10. The van der Waals surface area contributed by atoms with Crippen molar-refractivity contribution < 1.29 is 74.7 Å². The number of carboxylic acids is 4. The predicted molar refractivity (Wildman–Crippen MR) is 156 cm³/mol. The van der Waals surface area contributed by atoms with Crippen molar-refractivity contribution in [3.05, 3.63) is 71.8 Å². The first-order valence-corrected chi connectivity index (χ1v) is 13.0. The molecule has 1 fully saturated rings. The Labute approximate surface area is 259 Å². The molecule has 0 spiro atoms. The molecular weight excluding hydrogens is 602 g/mol. The number of amides is 1.